The average Bonchev–Trinajstić information content (AvgIpc) is 3.29. The van der Waals surface area contributed by atoms with Crippen LogP contribution < -0.4 is 15.0 Å². The fourth-order valence-corrected chi connectivity index (χ4v) is 5.38. The van der Waals surface area contributed by atoms with Crippen molar-refractivity contribution in [3.63, 3.8) is 0 Å². The predicted molar refractivity (Wildman–Crippen MR) is 145 cm³/mol. The molecule has 1 saturated carbocycles. The van der Waals surface area contributed by atoms with Crippen LogP contribution in [0, 0.1) is 0 Å². The number of ether oxygens (including phenoxy) is 1. The zero-order valence-electron chi connectivity index (χ0n) is 21.4. The Kier molecular flexibility index (Phi) is 7.00. The van der Waals surface area contributed by atoms with Gasteiger partial charge in [0.25, 0.3) is 5.91 Å². The fourth-order valence-electron chi connectivity index (χ4n) is 5.29. The number of carbonyl (C=O) groups is 2. The molecule has 2 heterocycles. The molecule has 1 aliphatic heterocycles. The third-order valence-electron chi connectivity index (χ3n) is 7.56. The van der Waals surface area contributed by atoms with Crippen LogP contribution in [-0.4, -0.2) is 47.9 Å². The number of carbonyl (C=O) groups excluding carboxylic acids is 2. The summed E-state index contributed by atoms with van der Waals surface area (Å²) in [6.07, 6.45) is 4.05. The van der Waals surface area contributed by atoms with Crippen LogP contribution in [-0.2, 0) is 16.0 Å². The third-order valence-corrected chi connectivity index (χ3v) is 7.73. The van der Waals surface area contributed by atoms with Crippen LogP contribution in [0.5, 0.6) is 5.75 Å². The quantitative estimate of drug-likeness (QED) is 0.336. The third kappa shape index (κ3) is 4.62. The average molecular weight is 521 g/mol. The molecule has 1 amide bonds. The summed E-state index contributed by atoms with van der Waals surface area (Å²) in [5, 5.41) is 8.07. The van der Waals surface area contributed by atoms with Gasteiger partial charge in [0.2, 0.25) is 0 Å². The fraction of sp³-hybridized carbons (Fsp3) is 0.393. The SMILES string of the molecule is COc1ccc(-n2nc(C(=O)OS)c3c2C(=O)N(c2ccc(C4(CNC(C)C)CCC4)cc2)CC3)cc1. The van der Waals surface area contributed by atoms with E-state index in [1.54, 1.807) is 36.3 Å². The number of anilines is 1. The lowest BCUT2D eigenvalue weighted by atomic mass is 9.64. The Hall–Kier alpha value is -3.30. The minimum atomic E-state index is -0.682. The largest absolute Gasteiger partial charge is 0.497 e. The summed E-state index contributed by atoms with van der Waals surface area (Å²) in [7, 11) is 1.59. The zero-order chi connectivity index (χ0) is 26.2. The highest BCUT2D eigenvalue weighted by Gasteiger charge is 2.39. The molecule has 3 aromatic rings. The van der Waals surface area contributed by atoms with Crippen molar-refractivity contribution in [2.75, 3.05) is 25.1 Å². The van der Waals surface area contributed by atoms with E-state index >= 15 is 0 Å². The topological polar surface area (TPSA) is 85.7 Å². The molecule has 1 N–H and O–H groups in total. The van der Waals surface area contributed by atoms with E-state index in [0.29, 0.717) is 41.7 Å². The van der Waals surface area contributed by atoms with Gasteiger partial charge in [-0.2, -0.15) is 5.10 Å². The molecule has 2 aromatic carbocycles. The van der Waals surface area contributed by atoms with Gasteiger partial charge in [0.05, 0.1) is 12.8 Å². The molecule has 0 unspecified atom stereocenters. The Morgan fingerprint density at radius 2 is 1.78 bits per heavy atom. The molecule has 37 heavy (non-hydrogen) atoms. The van der Waals surface area contributed by atoms with E-state index in [1.807, 2.05) is 12.1 Å². The van der Waals surface area contributed by atoms with Crippen molar-refractivity contribution in [3.8, 4) is 11.4 Å². The second-order valence-corrected chi connectivity index (χ2v) is 10.3. The van der Waals surface area contributed by atoms with E-state index in [2.05, 4.69) is 53.5 Å². The molecule has 194 valence electrons. The molecule has 0 atom stereocenters. The molecule has 5 rings (SSSR count). The number of nitrogens with zero attached hydrogens (tertiary/aromatic N) is 3. The Morgan fingerprint density at radius 3 is 2.35 bits per heavy atom. The number of aromatic nitrogens is 2. The number of thiol groups is 1. The van der Waals surface area contributed by atoms with Crippen LogP contribution in [0.25, 0.3) is 5.69 Å². The number of nitrogens with one attached hydrogen (secondary N) is 1. The van der Waals surface area contributed by atoms with Crippen molar-refractivity contribution in [3.05, 3.63) is 71.0 Å². The Labute approximate surface area is 222 Å². The number of fused-ring (bicyclic) bond motifs is 1. The highest BCUT2D eigenvalue weighted by Crippen LogP contribution is 2.44. The van der Waals surface area contributed by atoms with Gasteiger partial charge in [-0.1, -0.05) is 32.4 Å². The van der Waals surface area contributed by atoms with Crippen molar-refractivity contribution < 1.29 is 18.5 Å². The summed E-state index contributed by atoms with van der Waals surface area (Å²) in [6.45, 7) is 5.74. The van der Waals surface area contributed by atoms with Crippen molar-refractivity contribution in [1.29, 1.82) is 0 Å². The van der Waals surface area contributed by atoms with Crippen LogP contribution in [0.4, 0.5) is 5.69 Å². The molecule has 1 fully saturated rings. The summed E-state index contributed by atoms with van der Waals surface area (Å²) in [6, 6.07) is 16.0. The highest BCUT2D eigenvalue weighted by molar-refractivity contribution is 7.75. The van der Waals surface area contributed by atoms with Crippen molar-refractivity contribution >= 4 is 30.5 Å². The second kappa shape index (κ2) is 10.2. The lowest BCUT2D eigenvalue weighted by Crippen LogP contribution is -2.45. The van der Waals surface area contributed by atoms with Crippen LogP contribution >= 0.6 is 12.9 Å². The molecule has 0 bridgehead atoms. The normalized spacial score (nSPS) is 16.4. The van der Waals surface area contributed by atoms with E-state index in [0.717, 1.165) is 12.2 Å². The standard InChI is InChI=1S/C28H32N4O4S/c1-18(2)29-17-28(14-4-15-28)19-5-7-20(8-6-19)31-16-13-23-24(27(34)36-37)30-32(25(23)26(31)33)21-9-11-22(35-3)12-10-21/h5-12,18,29,37H,4,13-17H2,1-3H3. The van der Waals surface area contributed by atoms with Gasteiger partial charge in [-0.05, 0) is 61.2 Å². The minimum absolute atomic E-state index is 0.105. The molecule has 1 aromatic heterocycles. The van der Waals surface area contributed by atoms with Crippen molar-refractivity contribution in [2.45, 2.75) is 51.0 Å². The van der Waals surface area contributed by atoms with Gasteiger partial charge in [0.1, 0.15) is 11.4 Å². The maximum Gasteiger partial charge on any atom is 0.370 e. The summed E-state index contributed by atoms with van der Waals surface area (Å²) >= 11 is 3.67. The summed E-state index contributed by atoms with van der Waals surface area (Å²) in [4.78, 5) is 28.0. The summed E-state index contributed by atoms with van der Waals surface area (Å²) in [5.74, 6) is -0.214. The monoisotopic (exact) mass is 520 g/mol. The predicted octanol–water partition coefficient (Wildman–Crippen LogP) is 4.51. The number of hydrogen-bond acceptors (Lipinski definition) is 7. The van der Waals surface area contributed by atoms with E-state index < -0.39 is 5.97 Å². The number of methoxy groups -OCH3 is 1. The Bertz CT molecular complexity index is 1300. The molecule has 9 heteroatoms. The number of amides is 1. The van der Waals surface area contributed by atoms with E-state index in [-0.39, 0.29) is 17.0 Å². The van der Waals surface area contributed by atoms with E-state index in [9.17, 15) is 9.59 Å². The molecule has 2 aliphatic rings. The molecule has 8 nitrogen and oxygen atoms in total. The lowest BCUT2D eigenvalue weighted by molar-refractivity contribution is 0.0764. The van der Waals surface area contributed by atoms with Gasteiger partial charge in [-0.15, -0.1) is 0 Å². The molecule has 0 saturated heterocycles. The first-order valence-electron chi connectivity index (χ1n) is 12.6. The number of rotatable bonds is 8. The zero-order valence-corrected chi connectivity index (χ0v) is 22.3. The van der Waals surface area contributed by atoms with E-state index in [1.165, 1.54) is 29.5 Å². The molecular weight excluding hydrogens is 488 g/mol. The summed E-state index contributed by atoms with van der Waals surface area (Å²) < 4.78 is 11.4. The Morgan fingerprint density at radius 1 is 1.11 bits per heavy atom. The van der Waals surface area contributed by atoms with Crippen LogP contribution in [0.1, 0.15) is 65.2 Å². The van der Waals surface area contributed by atoms with Gasteiger partial charge in [-0.3, -0.25) is 4.79 Å². The first-order chi connectivity index (χ1) is 17.9. The lowest BCUT2D eigenvalue weighted by Gasteiger charge is -2.43. The van der Waals surface area contributed by atoms with Crippen LogP contribution in [0.15, 0.2) is 48.5 Å². The van der Waals surface area contributed by atoms with Gasteiger partial charge in [0, 0.05) is 48.7 Å². The van der Waals surface area contributed by atoms with Crippen molar-refractivity contribution in [1.82, 2.24) is 15.1 Å². The van der Waals surface area contributed by atoms with E-state index in [4.69, 9.17) is 4.74 Å². The first kappa shape index (κ1) is 25.4. The molecular formula is C28H32N4O4S. The van der Waals surface area contributed by atoms with Gasteiger partial charge in [0.15, 0.2) is 5.69 Å². The minimum Gasteiger partial charge on any atom is -0.497 e. The van der Waals surface area contributed by atoms with Gasteiger partial charge < -0.3 is 19.1 Å². The highest BCUT2D eigenvalue weighted by atomic mass is 32.1. The van der Waals surface area contributed by atoms with Gasteiger partial charge in [-0.25, -0.2) is 9.48 Å². The molecule has 0 radical (unpaired) electrons. The number of hydrogen-bond donors (Lipinski definition) is 2. The molecule has 1 aliphatic carbocycles. The Balaban J connectivity index is 1.47. The maximum atomic E-state index is 13.8. The van der Waals surface area contributed by atoms with Crippen molar-refractivity contribution in [2.24, 2.45) is 0 Å². The second-order valence-electron chi connectivity index (χ2n) is 10.1. The maximum absolute atomic E-state index is 13.8. The van der Waals surface area contributed by atoms with Gasteiger partial charge >= 0.3 is 5.97 Å². The molecule has 0 spiro atoms. The summed E-state index contributed by atoms with van der Waals surface area (Å²) in [5.41, 5.74) is 3.97. The smallest absolute Gasteiger partial charge is 0.370 e. The first-order valence-corrected chi connectivity index (χ1v) is 13.0. The number of benzene rings is 2. The van der Waals surface area contributed by atoms with Crippen LogP contribution in [0.3, 0.4) is 0 Å². The van der Waals surface area contributed by atoms with Crippen LogP contribution in [0.2, 0.25) is 0 Å².